The molecule has 0 aromatic carbocycles. The number of carbonyl (C=O) groups excluding carboxylic acids is 1. The van der Waals surface area contributed by atoms with Crippen molar-refractivity contribution in [3.63, 3.8) is 0 Å². The van der Waals surface area contributed by atoms with Crippen molar-refractivity contribution in [1.29, 1.82) is 0 Å². The van der Waals surface area contributed by atoms with Crippen LogP contribution in [0, 0.1) is 5.92 Å². The average Bonchev–Trinajstić information content (AvgIpc) is 2.59. The molecule has 2 unspecified atom stereocenters. The Balaban J connectivity index is 2.55. The van der Waals surface area contributed by atoms with Crippen LogP contribution in [0.25, 0.3) is 0 Å². The molecule has 1 amide bonds. The smallest absolute Gasteiger partial charge is 0.226 e. The molecule has 0 aromatic rings. The van der Waals surface area contributed by atoms with Crippen LogP contribution in [-0.4, -0.2) is 41.1 Å². The minimum absolute atomic E-state index is 0.0304. The first kappa shape index (κ1) is 12.5. The Morgan fingerprint density at radius 3 is 2.60 bits per heavy atom. The molecule has 15 heavy (non-hydrogen) atoms. The van der Waals surface area contributed by atoms with Crippen LogP contribution in [-0.2, 0) is 4.79 Å². The van der Waals surface area contributed by atoms with Gasteiger partial charge in [0.2, 0.25) is 5.91 Å². The summed E-state index contributed by atoms with van der Waals surface area (Å²) in [5, 5.41) is 8.91. The highest BCUT2D eigenvalue weighted by Crippen LogP contribution is 2.26. The van der Waals surface area contributed by atoms with E-state index >= 15 is 0 Å². The second-order valence-electron chi connectivity index (χ2n) is 4.62. The third-order valence-electron chi connectivity index (χ3n) is 3.07. The molecule has 0 spiro atoms. The van der Waals surface area contributed by atoms with Gasteiger partial charge in [-0.1, -0.05) is 0 Å². The highest BCUT2D eigenvalue weighted by atomic mass is 16.3. The predicted molar refractivity (Wildman–Crippen MR) is 59.3 cm³/mol. The molecule has 1 fully saturated rings. The quantitative estimate of drug-likeness (QED) is 0.709. The average molecular weight is 214 g/mol. The number of rotatable bonds is 4. The molecular formula is C11H22N2O2. The van der Waals surface area contributed by atoms with Gasteiger partial charge in [0, 0.05) is 24.5 Å². The molecule has 1 aliphatic rings. The second kappa shape index (κ2) is 5.47. The summed E-state index contributed by atoms with van der Waals surface area (Å²) in [6, 6.07) is 0.337. The van der Waals surface area contributed by atoms with Gasteiger partial charge >= 0.3 is 0 Å². The van der Waals surface area contributed by atoms with Gasteiger partial charge in [-0.25, -0.2) is 0 Å². The van der Waals surface area contributed by atoms with Gasteiger partial charge in [0.15, 0.2) is 0 Å². The zero-order valence-electron chi connectivity index (χ0n) is 9.65. The van der Waals surface area contributed by atoms with E-state index in [1.54, 1.807) is 4.90 Å². The zero-order chi connectivity index (χ0) is 11.4. The lowest BCUT2D eigenvalue weighted by Gasteiger charge is -2.28. The lowest BCUT2D eigenvalue weighted by Crippen LogP contribution is -2.42. The molecule has 2 atom stereocenters. The molecule has 1 rings (SSSR count). The first-order valence-electron chi connectivity index (χ1n) is 5.73. The predicted octanol–water partition coefficient (Wildman–Crippen LogP) is 0.343. The van der Waals surface area contributed by atoms with Gasteiger partial charge in [0.25, 0.3) is 0 Å². The lowest BCUT2D eigenvalue weighted by molar-refractivity contribution is -0.137. The number of amides is 1. The molecule has 1 aliphatic carbocycles. The van der Waals surface area contributed by atoms with Crippen molar-refractivity contribution >= 4 is 5.91 Å². The Morgan fingerprint density at radius 2 is 2.20 bits per heavy atom. The van der Waals surface area contributed by atoms with E-state index in [1.165, 1.54) is 0 Å². The number of nitrogens with zero attached hydrogens (tertiary/aromatic N) is 1. The molecule has 0 bridgehead atoms. The normalized spacial score (nSPS) is 25.9. The van der Waals surface area contributed by atoms with Crippen LogP contribution in [0.1, 0.15) is 33.1 Å². The molecule has 4 heteroatoms. The van der Waals surface area contributed by atoms with Crippen LogP contribution in [0.4, 0.5) is 0 Å². The summed E-state index contributed by atoms with van der Waals surface area (Å²) in [6.45, 7) is 4.41. The van der Waals surface area contributed by atoms with Gasteiger partial charge in [0.1, 0.15) is 0 Å². The van der Waals surface area contributed by atoms with E-state index in [9.17, 15) is 4.79 Å². The Labute approximate surface area is 91.4 Å². The fourth-order valence-electron chi connectivity index (χ4n) is 2.21. The molecule has 88 valence electrons. The molecule has 0 aromatic heterocycles. The van der Waals surface area contributed by atoms with E-state index in [4.69, 9.17) is 10.8 Å². The van der Waals surface area contributed by atoms with Gasteiger partial charge < -0.3 is 15.7 Å². The molecule has 0 aliphatic heterocycles. The number of carbonyl (C=O) groups is 1. The van der Waals surface area contributed by atoms with Crippen molar-refractivity contribution in [3.8, 4) is 0 Å². The molecule has 0 heterocycles. The van der Waals surface area contributed by atoms with E-state index in [0.29, 0.717) is 6.54 Å². The number of hydrogen-bond donors (Lipinski definition) is 2. The summed E-state index contributed by atoms with van der Waals surface area (Å²) >= 11 is 0. The van der Waals surface area contributed by atoms with Crippen molar-refractivity contribution in [2.45, 2.75) is 45.2 Å². The topological polar surface area (TPSA) is 66.6 Å². The van der Waals surface area contributed by atoms with Crippen molar-refractivity contribution in [2.75, 3.05) is 13.2 Å². The standard InChI is InChI=1S/C11H22N2O2/c1-8(2)13(5-6-14)11(15)9-3-4-10(12)7-9/h8-10,14H,3-7,12H2,1-2H3. The number of hydrogen-bond acceptors (Lipinski definition) is 3. The van der Waals surface area contributed by atoms with E-state index < -0.39 is 0 Å². The van der Waals surface area contributed by atoms with Crippen LogP contribution in [0.3, 0.4) is 0 Å². The largest absolute Gasteiger partial charge is 0.395 e. The molecule has 0 saturated heterocycles. The van der Waals surface area contributed by atoms with Gasteiger partial charge in [-0.05, 0) is 33.1 Å². The third kappa shape index (κ3) is 3.18. The van der Waals surface area contributed by atoms with E-state index in [1.807, 2.05) is 13.8 Å². The van der Waals surface area contributed by atoms with E-state index in [2.05, 4.69) is 0 Å². The maximum atomic E-state index is 12.1. The van der Waals surface area contributed by atoms with Gasteiger partial charge in [-0.15, -0.1) is 0 Å². The summed E-state index contributed by atoms with van der Waals surface area (Å²) in [4.78, 5) is 13.8. The number of aliphatic hydroxyl groups is 1. The Kier molecular flexibility index (Phi) is 4.54. The van der Waals surface area contributed by atoms with Crippen molar-refractivity contribution in [3.05, 3.63) is 0 Å². The molecule has 0 radical (unpaired) electrons. The van der Waals surface area contributed by atoms with Crippen LogP contribution < -0.4 is 5.73 Å². The first-order chi connectivity index (χ1) is 7.06. The summed E-state index contributed by atoms with van der Waals surface area (Å²) in [5.74, 6) is 0.237. The lowest BCUT2D eigenvalue weighted by atomic mass is 10.1. The SMILES string of the molecule is CC(C)N(CCO)C(=O)C1CCC(N)C1. The van der Waals surface area contributed by atoms with Crippen molar-refractivity contribution in [1.82, 2.24) is 4.90 Å². The highest BCUT2D eigenvalue weighted by Gasteiger charge is 2.31. The zero-order valence-corrected chi connectivity index (χ0v) is 9.65. The second-order valence-corrected chi connectivity index (χ2v) is 4.62. The Morgan fingerprint density at radius 1 is 1.53 bits per heavy atom. The van der Waals surface area contributed by atoms with Gasteiger partial charge in [0.05, 0.1) is 6.61 Å². The van der Waals surface area contributed by atoms with E-state index in [-0.39, 0.29) is 30.5 Å². The summed E-state index contributed by atoms with van der Waals surface area (Å²) in [6.07, 6.45) is 2.64. The minimum atomic E-state index is 0.0304. The fourth-order valence-corrected chi connectivity index (χ4v) is 2.21. The summed E-state index contributed by atoms with van der Waals surface area (Å²) < 4.78 is 0. The van der Waals surface area contributed by atoms with Gasteiger partial charge in [-0.3, -0.25) is 4.79 Å². The maximum Gasteiger partial charge on any atom is 0.226 e. The fraction of sp³-hybridized carbons (Fsp3) is 0.909. The number of aliphatic hydroxyl groups excluding tert-OH is 1. The molecule has 3 N–H and O–H groups in total. The van der Waals surface area contributed by atoms with Crippen LogP contribution in [0.2, 0.25) is 0 Å². The van der Waals surface area contributed by atoms with Crippen LogP contribution in [0.15, 0.2) is 0 Å². The monoisotopic (exact) mass is 214 g/mol. The number of nitrogens with two attached hydrogens (primary N) is 1. The molecule has 1 saturated carbocycles. The van der Waals surface area contributed by atoms with E-state index in [0.717, 1.165) is 19.3 Å². The summed E-state index contributed by atoms with van der Waals surface area (Å²) in [7, 11) is 0. The first-order valence-corrected chi connectivity index (χ1v) is 5.73. The Bertz CT molecular complexity index is 219. The van der Waals surface area contributed by atoms with Crippen LogP contribution in [0.5, 0.6) is 0 Å². The molecular weight excluding hydrogens is 192 g/mol. The summed E-state index contributed by atoms with van der Waals surface area (Å²) in [5.41, 5.74) is 5.79. The Hall–Kier alpha value is -0.610. The minimum Gasteiger partial charge on any atom is -0.395 e. The van der Waals surface area contributed by atoms with Crippen LogP contribution >= 0.6 is 0 Å². The third-order valence-corrected chi connectivity index (χ3v) is 3.07. The maximum absolute atomic E-state index is 12.1. The molecule has 4 nitrogen and oxygen atoms in total. The van der Waals surface area contributed by atoms with Crippen molar-refractivity contribution < 1.29 is 9.90 Å². The van der Waals surface area contributed by atoms with Crippen molar-refractivity contribution in [2.24, 2.45) is 11.7 Å². The van der Waals surface area contributed by atoms with Gasteiger partial charge in [-0.2, -0.15) is 0 Å². The highest BCUT2D eigenvalue weighted by molar-refractivity contribution is 5.79.